The van der Waals surface area contributed by atoms with Crippen molar-refractivity contribution in [3.63, 3.8) is 0 Å². The van der Waals surface area contributed by atoms with Gasteiger partial charge in [0.25, 0.3) is 0 Å². The van der Waals surface area contributed by atoms with Crippen molar-refractivity contribution in [1.82, 2.24) is 9.97 Å². The summed E-state index contributed by atoms with van der Waals surface area (Å²) in [6, 6.07) is 9.66. The van der Waals surface area contributed by atoms with Crippen LogP contribution in [-0.2, 0) is 5.88 Å². The number of halogens is 2. The van der Waals surface area contributed by atoms with Gasteiger partial charge < -0.3 is 0 Å². The summed E-state index contributed by atoms with van der Waals surface area (Å²) in [7, 11) is 0. The normalized spacial score (nSPS) is 9.40. The second-order valence-corrected chi connectivity index (χ2v) is 3.17. The highest BCUT2D eigenvalue weighted by molar-refractivity contribution is 6.17. The zero-order chi connectivity index (χ0) is 9.80. The van der Waals surface area contributed by atoms with E-state index in [0.717, 1.165) is 17.0 Å². The molecule has 4 heteroatoms. The van der Waals surface area contributed by atoms with Crippen LogP contribution in [0, 0.1) is 0 Å². The van der Waals surface area contributed by atoms with E-state index in [2.05, 4.69) is 9.97 Å². The highest BCUT2D eigenvalue weighted by atomic mass is 35.5. The number of nitrogens with zero attached hydrogens (tertiary/aromatic N) is 2. The van der Waals surface area contributed by atoms with E-state index in [0.29, 0.717) is 5.88 Å². The van der Waals surface area contributed by atoms with Crippen LogP contribution in [0.2, 0.25) is 0 Å². The molecule has 0 aliphatic heterocycles. The van der Waals surface area contributed by atoms with Crippen LogP contribution in [-0.4, -0.2) is 9.97 Å². The Morgan fingerprint density at radius 1 is 1.00 bits per heavy atom. The van der Waals surface area contributed by atoms with Gasteiger partial charge >= 0.3 is 0 Å². The largest absolute Gasteiger partial charge is 0.255 e. The quantitative estimate of drug-likeness (QED) is 0.754. The molecule has 0 bridgehead atoms. The molecule has 0 atom stereocenters. The van der Waals surface area contributed by atoms with E-state index in [4.69, 9.17) is 11.6 Å². The summed E-state index contributed by atoms with van der Waals surface area (Å²) in [6.45, 7) is 0. The zero-order valence-electron chi connectivity index (χ0n) is 7.93. The minimum atomic E-state index is 0. The summed E-state index contributed by atoms with van der Waals surface area (Å²) in [5.41, 5.74) is 2.78. The third-order valence-corrected chi connectivity index (χ3v) is 2.21. The van der Waals surface area contributed by atoms with Gasteiger partial charge in [-0.15, -0.1) is 24.0 Å². The van der Waals surface area contributed by atoms with Crippen LogP contribution in [0.5, 0.6) is 0 Å². The fourth-order valence-corrected chi connectivity index (χ4v) is 1.33. The van der Waals surface area contributed by atoms with Gasteiger partial charge in [-0.2, -0.15) is 0 Å². The van der Waals surface area contributed by atoms with Gasteiger partial charge in [0.2, 0.25) is 0 Å². The maximum Gasteiger partial charge on any atom is 0.0886 e. The van der Waals surface area contributed by atoms with Gasteiger partial charge in [-0.05, 0) is 23.8 Å². The average Bonchev–Trinajstić information content (AvgIpc) is 2.30. The van der Waals surface area contributed by atoms with Crippen molar-refractivity contribution >= 4 is 24.0 Å². The first kappa shape index (κ1) is 12.0. The summed E-state index contributed by atoms with van der Waals surface area (Å²) in [5, 5.41) is 0. The van der Waals surface area contributed by atoms with Crippen molar-refractivity contribution in [2.24, 2.45) is 0 Å². The summed E-state index contributed by atoms with van der Waals surface area (Å²) in [4.78, 5) is 8.48. The van der Waals surface area contributed by atoms with Gasteiger partial charge in [0.05, 0.1) is 11.4 Å². The molecule has 0 saturated carbocycles. The standard InChI is InChI=1S/C11H9ClN2.ClH/c12-7-9-4-5-11(14-8-9)10-3-1-2-6-13-10;/h1-6,8H,7H2;1H. The molecule has 0 fully saturated rings. The topological polar surface area (TPSA) is 25.8 Å². The van der Waals surface area contributed by atoms with Crippen LogP contribution in [0.1, 0.15) is 5.56 Å². The average molecular weight is 241 g/mol. The molecule has 2 rings (SSSR count). The number of rotatable bonds is 2. The Bertz CT molecular complexity index is 401. The van der Waals surface area contributed by atoms with Gasteiger partial charge in [-0.3, -0.25) is 9.97 Å². The van der Waals surface area contributed by atoms with E-state index in [1.807, 2.05) is 30.3 Å². The Kier molecular flexibility index (Phi) is 4.53. The number of hydrogen-bond acceptors (Lipinski definition) is 2. The summed E-state index contributed by atoms with van der Waals surface area (Å²) < 4.78 is 0. The highest BCUT2D eigenvalue weighted by Gasteiger charge is 1.98. The Morgan fingerprint density at radius 3 is 2.33 bits per heavy atom. The van der Waals surface area contributed by atoms with E-state index in [1.165, 1.54) is 0 Å². The SMILES string of the molecule is Cl.ClCc1ccc(-c2ccccn2)nc1. The van der Waals surface area contributed by atoms with Crippen LogP contribution in [0.15, 0.2) is 42.7 Å². The third-order valence-electron chi connectivity index (χ3n) is 1.91. The summed E-state index contributed by atoms with van der Waals surface area (Å²) in [5.74, 6) is 0.496. The summed E-state index contributed by atoms with van der Waals surface area (Å²) >= 11 is 5.67. The molecule has 0 aromatic carbocycles. The molecule has 78 valence electrons. The summed E-state index contributed by atoms with van der Waals surface area (Å²) in [6.07, 6.45) is 3.53. The van der Waals surface area contributed by atoms with E-state index < -0.39 is 0 Å². The van der Waals surface area contributed by atoms with Crippen LogP contribution in [0.3, 0.4) is 0 Å². The van der Waals surface area contributed by atoms with Crippen molar-refractivity contribution in [2.45, 2.75) is 5.88 Å². The first-order valence-corrected chi connectivity index (χ1v) is 4.86. The molecular weight excluding hydrogens is 231 g/mol. The second kappa shape index (κ2) is 5.69. The maximum absolute atomic E-state index is 5.67. The lowest BCUT2D eigenvalue weighted by molar-refractivity contribution is 1.21. The van der Waals surface area contributed by atoms with Crippen LogP contribution in [0.25, 0.3) is 11.4 Å². The molecule has 0 N–H and O–H groups in total. The molecule has 2 aromatic rings. The third kappa shape index (κ3) is 2.91. The van der Waals surface area contributed by atoms with Crippen molar-refractivity contribution in [3.8, 4) is 11.4 Å². The molecule has 0 unspecified atom stereocenters. The molecule has 15 heavy (non-hydrogen) atoms. The molecule has 0 amide bonds. The fourth-order valence-electron chi connectivity index (χ4n) is 1.17. The van der Waals surface area contributed by atoms with Gasteiger partial charge in [-0.25, -0.2) is 0 Å². The van der Waals surface area contributed by atoms with Crippen molar-refractivity contribution < 1.29 is 0 Å². The Hall–Kier alpha value is -1.12. The Labute approximate surface area is 99.7 Å². The molecule has 0 saturated heterocycles. The first-order valence-electron chi connectivity index (χ1n) is 4.32. The van der Waals surface area contributed by atoms with Gasteiger partial charge in [0.1, 0.15) is 0 Å². The number of hydrogen-bond donors (Lipinski definition) is 0. The number of alkyl halides is 1. The van der Waals surface area contributed by atoms with Gasteiger partial charge in [0.15, 0.2) is 0 Å². The van der Waals surface area contributed by atoms with E-state index >= 15 is 0 Å². The van der Waals surface area contributed by atoms with Crippen LogP contribution < -0.4 is 0 Å². The molecule has 0 spiro atoms. The first-order chi connectivity index (χ1) is 6.90. The number of aromatic nitrogens is 2. The van der Waals surface area contributed by atoms with Crippen molar-refractivity contribution in [1.29, 1.82) is 0 Å². The Morgan fingerprint density at radius 2 is 1.80 bits per heavy atom. The maximum atomic E-state index is 5.67. The van der Waals surface area contributed by atoms with Gasteiger partial charge in [0, 0.05) is 18.3 Å². The molecule has 2 heterocycles. The fraction of sp³-hybridized carbons (Fsp3) is 0.0909. The molecule has 2 aromatic heterocycles. The molecular formula is C11H10Cl2N2. The lowest BCUT2D eigenvalue weighted by atomic mass is 10.2. The predicted octanol–water partition coefficient (Wildman–Crippen LogP) is 3.30. The van der Waals surface area contributed by atoms with E-state index in [1.54, 1.807) is 12.4 Å². The molecule has 0 aliphatic rings. The van der Waals surface area contributed by atoms with E-state index in [9.17, 15) is 0 Å². The minimum Gasteiger partial charge on any atom is -0.255 e. The lowest BCUT2D eigenvalue weighted by Gasteiger charge is -1.99. The highest BCUT2D eigenvalue weighted by Crippen LogP contribution is 2.13. The second-order valence-electron chi connectivity index (χ2n) is 2.90. The molecule has 0 radical (unpaired) electrons. The monoisotopic (exact) mass is 240 g/mol. The van der Waals surface area contributed by atoms with Crippen molar-refractivity contribution in [3.05, 3.63) is 48.3 Å². The zero-order valence-corrected chi connectivity index (χ0v) is 9.50. The minimum absolute atomic E-state index is 0. The molecule has 0 aliphatic carbocycles. The Balaban J connectivity index is 0.00000112. The predicted molar refractivity (Wildman–Crippen MR) is 64.3 cm³/mol. The van der Waals surface area contributed by atoms with Crippen LogP contribution in [0.4, 0.5) is 0 Å². The lowest BCUT2D eigenvalue weighted by Crippen LogP contribution is -1.87. The number of pyridine rings is 2. The van der Waals surface area contributed by atoms with Gasteiger partial charge in [-0.1, -0.05) is 12.1 Å². The van der Waals surface area contributed by atoms with Crippen molar-refractivity contribution in [2.75, 3.05) is 0 Å². The van der Waals surface area contributed by atoms with E-state index in [-0.39, 0.29) is 12.4 Å². The smallest absolute Gasteiger partial charge is 0.0886 e. The molecule has 2 nitrogen and oxygen atoms in total. The van der Waals surface area contributed by atoms with Crippen LogP contribution >= 0.6 is 24.0 Å².